The Morgan fingerprint density at radius 1 is 1.23 bits per heavy atom. The van der Waals surface area contributed by atoms with Gasteiger partial charge < -0.3 is 15.4 Å². The summed E-state index contributed by atoms with van der Waals surface area (Å²) in [6.45, 7) is 2.29. The van der Waals surface area contributed by atoms with Crippen molar-refractivity contribution >= 4 is 17.5 Å². The number of nitrogens with zero attached hydrogens (tertiary/aromatic N) is 2. The Bertz CT molecular complexity index is 1010. The number of aromatic nitrogens is 2. The minimum Gasteiger partial charge on any atom is -0.497 e. The first-order valence-corrected chi connectivity index (χ1v) is 10.5. The fourth-order valence-corrected chi connectivity index (χ4v) is 4.00. The van der Waals surface area contributed by atoms with E-state index in [4.69, 9.17) is 16.3 Å². The molecule has 4 rings (SSSR count). The molecule has 1 saturated heterocycles. The molecule has 0 aliphatic carbocycles. The normalized spacial score (nSPS) is 14.5. The predicted molar refractivity (Wildman–Crippen MR) is 118 cm³/mol. The van der Waals surface area contributed by atoms with Crippen LogP contribution in [0.5, 0.6) is 5.75 Å². The number of carbonyl (C=O) groups is 1. The highest BCUT2D eigenvalue weighted by molar-refractivity contribution is 6.30. The summed E-state index contributed by atoms with van der Waals surface area (Å²) >= 11 is 6.05. The maximum absolute atomic E-state index is 13.1. The lowest BCUT2D eigenvalue weighted by Crippen LogP contribution is -2.30. The van der Waals surface area contributed by atoms with Crippen molar-refractivity contribution in [2.45, 2.75) is 25.3 Å². The third-order valence-corrected chi connectivity index (χ3v) is 5.69. The summed E-state index contributed by atoms with van der Waals surface area (Å²) in [5.74, 6) is 0.918. The number of rotatable bonds is 6. The Balaban J connectivity index is 1.61. The van der Waals surface area contributed by atoms with Gasteiger partial charge in [-0.2, -0.15) is 5.10 Å². The van der Waals surface area contributed by atoms with Crippen molar-refractivity contribution in [3.63, 3.8) is 0 Å². The van der Waals surface area contributed by atoms with Gasteiger partial charge in [-0.1, -0.05) is 23.7 Å². The van der Waals surface area contributed by atoms with Crippen LogP contribution in [0.15, 0.2) is 54.7 Å². The number of benzene rings is 2. The quantitative estimate of drug-likeness (QED) is 0.629. The van der Waals surface area contributed by atoms with Crippen molar-refractivity contribution in [3.05, 3.63) is 76.6 Å². The van der Waals surface area contributed by atoms with Gasteiger partial charge in [-0.25, -0.2) is 4.68 Å². The van der Waals surface area contributed by atoms with Crippen LogP contribution in [0.1, 0.15) is 40.4 Å². The first-order valence-electron chi connectivity index (χ1n) is 10.1. The number of nitrogens with one attached hydrogen (secondary N) is 2. The molecule has 0 unspecified atom stereocenters. The maximum Gasteiger partial charge on any atom is 0.255 e. The van der Waals surface area contributed by atoms with E-state index < -0.39 is 0 Å². The van der Waals surface area contributed by atoms with E-state index in [0.717, 1.165) is 48.6 Å². The summed E-state index contributed by atoms with van der Waals surface area (Å²) in [7, 11) is 1.63. The van der Waals surface area contributed by atoms with Gasteiger partial charge in [-0.15, -0.1) is 0 Å². The van der Waals surface area contributed by atoms with Gasteiger partial charge in [-0.05, 0) is 67.9 Å². The van der Waals surface area contributed by atoms with Crippen LogP contribution >= 0.6 is 11.6 Å². The third kappa shape index (κ3) is 4.50. The zero-order chi connectivity index (χ0) is 20.9. The highest BCUT2D eigenvalue weighted by Crippen LogP contribution is 2.30. The second-order valence-electron chi connectivity index (χ2n) is 7.39. The van der Waals surface area contributed by atoms with Gasteiger partial charge in [-0.3, -0.25) is 4.79 Å². The molecule has 1 amide bonds. The Hall–Kier alpha value is -2.83. The number of amides is 1. The SMILES string of the molecule is COc1cccc(CNC(=O)c2cnn(-c3ccc(Cl)cc3)c2C2CCNCC2)c1. The van der Waals surface area contributed by atoms with Crippen LogP contribution < -0.4 is 15.4 Å². The van der Waals surface area contributed by atoms with Crippen molar-refractivity contribution in [2.75, 3.05) is 20.2 Å². The largest absolute Gasteiger partial charge is 0.497 e. The summed E-state index contributed by atoms with van der Waals surface area (Å²) in [5, 5.41) is 11.7. The fourth-order valence-electron chi connectivity index (χ4n) is 3.87. The summed E-state index contributed by atoms with van der Waals surface area (Å²) in [6.07, 6.45) is 3.61. The van der Waals surface area contributed by atoms with E-state index in [1.807, 2.05) is 53.2 Å². The Labute approximate surface area is 181 Å². The van der Waals surface area contributed by atoms with Gasteiger partial charge in [0.15, 0.2) is 0 Å². The highest BCUT2D eigenvalue weighted by Gasteiger charge is 2.27. The molecule has 2 heterocycles. The lowest BCUT2D eigenvalue weighted by molar-refractivity contribution is 0.0949. The van der Waals surface area contributed by atoms with Gasteiger partial charge in [0.1, 0.15) is 5.75 Å². The molecule has 3 aromatic rings. The molecule has 156 valence electrons. The van der Waals surface area contributed by atoms with Crippen LogP contribution in [0.2, 0.25) is 5.02 Å². The summed E-state index contributed by atoms with van der Waals surface area (Å²) < 4.78 is 7.15. The van der Waals surface area contributed by atoms with E-state index in [2.05, 4.69) is 15.7 Å². The molecule has 0 bridgehead atoms. The number of ether oxygens (including phenoxy) is 1. The number of hydrogen-bond acceptors (Lipinski definition) is 4. The smallest absolute Gasteiger partial charge is 0.255 e. The van der Waals surface area contributed by atoms with Crippen molar-refractivity contribution in [2.24, 2.45) is 0 Å². The molecule has 1 fully saturated rings. The molecular weight excluding hydrogens is 400 g/mol. The molecule has 1 aliphatic rings. The predicted octanol–water partition coefficient (Wildman–Crippen LogP) is 3.93. The summed E-state index contributed by atoms with van der Waals surface area (Å²) in [5.41, 5.74) is 3.47. The van der Waals surface area contributed by atoms with Crippen molar-refractivity contribution in [1.82, 2.24) is 20.4 Å². The van der Waals surface area contributed by atoms with Crippen molar-refractivity contribution in [3.8, 4) is 11.4 Å². The van der Waals surface area contributed by atoms with E-state index in [9.17, 15) is 4.79 Å². The Morgan fingerprint density at radius 2 is 2.00 bits per heavy atom. The zero-order valence-corrected chi connectivity index (χ0v) is 17.7. The molecule has 1 aliphatic heterocycles. The number of methoxy groups -OCH3 is 1. The third-order valence-electron chi connectivity index (χ3n) is 5.44. The summed E-state index contributed by atoms with van der Waals surface area (Å²) in [6, 6.07) is 15.2. The topological polar surface area (TPSA) is 68.2 Å². The van der Waals surface area contributed by atoms with Gasteiger partial charge >= 0.3 is 0 Å². The molecule has 2 N–H and O–H groups in total. The van der Waals surface area contributed by atoms with Gasteiger partial charge in [0.2, 0.25) is 0 Å². The number of hydrogen-bond donors (Lipinski definition) is 2. The van der Waals surface area contributed by atoms with E-state index >= 15 is 0 Å². The molecule has 2 aromatic carbocycles. The van der Waals surface area contributed by atoms with Crippen molar-refractivity contribution in [1.29, 1.82) is 0 Å². The molecule has 30 heavy (non-hydrogen) atoms. The van der Waals surface area contributed by atoms with Crippen LogP contribution in [-0.2, 0) is 6.54 Å². The van der Waals surface area contributed by atoms with E-state index in [0.29, 0.717) is 17.1 Å². The summed E-state index contributed by atoms with van der Waals surface area (Å²) in [4.78, 5) is 13.1. The monoisotopic (exact) mass is 424 g/mol. The zero-order valence-electron chi connectivity index (χ0n) is 16.9. The number of piperidine rings is 1. The Kier molecular flexibility index (Phi) is 6.35. The minimum atomic E-state index is -0.119. The lowest BCUT2D eigenvalue weighted by Gasteiger charge is -2.24. The van der Waals surface area contributed by atoms with E-state index in [1.54, 1.807) is 13.3 Å². The van der Waals surface area contributed by atoms with E-state index in [1.165, 1.54) is 0 Å². The van der Waals surface area contributed by atoms with Crippen LogP contribution in [0, 0.1) is 0 Å². The highest BCUT2D eigenvalue weighted by atomic mass is 35.5. The number of halogens is 1. The van der Waals surface area contributed by atoms with E-state index in [-0.39, 0.29) is 11.8 Å². The first kappa shape index (κ1) is 20.4. The van der Waals surface area contributed by atoms with Crippen LogP contribution in [0.3, 0.4) is 0 Å². The minimum absolute atomic E-state index is 0.119. The molecule has 0 radical (unpaired) electrons. The molecule has 0 atom stereocenters. The second-order valence-corrected chi connectivity index (χ2v) is 7.83. The molecule has 1 aromatic heterocycles. The average Bonchev–Trinajstić information content (AvgIpc) is 3.24. The maximum atomic E-state index is 13.1. The Morgan fingerprint density at radius 3 is 2.73 bits per heavy atom. The molecule has 7 heteroatoms. The number of carbonyl (C=O) groups excluding carboxylic acids is 1. The van der Waals surface area contributed by atoms with Crippen LogP contribution in [0.4, 0.5) is 0 Å². The first-order chi connectivity index (χ1) is 14.7. The van der Waals surface area contributed by atoms with Crippen LogP contribution in [0.25, 0.3) is 5.69 Å². The molecular formula is C23H25ClN4O2. The van der Waals surface area contributed by atoms with Gasteiger partial charge in [0.05, 0.1) is 30.3 Å². The second kappa shape index (κ2) is 9.32. The molecule has 6 nitrogen and oxygen atoms in total. The standard InChI is InChI=1S/C23H25ClN4O2/c1-30-20-4-2-3-16(13-20)14-26-23(29)21-15-27-28(19-7-5-18(24)6-8-19)22(21)17-9-11-25-12-10-17/h2-8,13,15,17,25H,9-12,14H2,1H3,(H,26,29). The average molecular weight is 425 g/mol. The van der Waals surface area contributed by atoms with Gasteiger partial charge in [0.25, 0.3) is 5.91 Å². The fraction of sp³-hybridized carbons (Fsp3) is 0.304. The lowest BCUT2D eigenvalue weighted by atomic mass is 9.91. The molecule has 0 spiro atoms. The van der Waals surface area contributed by atoms with Gasteiger partial charge in [0, 0.05) is 17.5 Å². The van der Waals surface area contributed by atoms with Crippen LogP contribution in [-0.4, -0.2) is 35.9 Å². The van der Waals surface area contributed by atoms with Crippen molar-refractivity contribution < 1.29 is 9.53 Å². The molecule has 0 saturated carbocycles.